The molecule has 1 unspecified atom stereocenters. The lowest BCUT2D eigenvalue weighted by atomic mass is 9.91. The zero-order valence-corrected chi connectivity index (χ0v) is 21.9. The van der Waals surface area contributed by atoms with E-state index in [1.165, 1.54) is 0 Å². The van der Waals surface area contributed by atoms with Gasteiger partial charge in [-0.3, -0.25) is 14.4 Å². The molecule has 0 aliphatic carbocycles. The van der Waals surface area contributed by atoms with E-state index < -0.39 is 17.4 Å². The lowest BCUT2D eigenvalue weighted by molar-refractivity contribution is -0.159. The number of esters is 4. The number of ether oxygens (including phenoxy) is 4. The van der Waals surface area contributed by atoms with Crippen molar-refractivity contribution in [2.24, 2.45) is 11.3 Å². The molecule has 0 saturated carbocycles. The Bertz CT molecular complexity index is 600. The highest BCUT2D eigenvalue weighted by molar-refractivity contribution is 5.76. The van der Waals surface area contributed by atoms with Gasteiger partial charge in [-0.05, 0) is 58.3 Å². The summed E-state index contributed by atoms with van der Waals surface area (Å²) in [6, 6.07) is 0. The fourth-order valence-electron chi connectivity index (χ4n) is 2.89. The molecule has 0 rings (SSSR count). The van der Waals surface area contributed by atoms with Crippen molar-refractivity contribution in [3.8, 4) is 0 Å². The molecule has 1 atom stereocenters. The second-order valence-electron chi connectivity index (χ2n) is 9.27. The Morgan fingerprint density at radius 3 is 2.00 bits per heavy atom. The third kappa shape index (κ3) is 16.5. The molecule has 0 spiro atoms. The molecule has 0 saturated heterocycles. The quantitative estimate of drug-likeness (QED) is 0.132. The summed E-state index contributed by atoms with van der Waals surface area (Å²) in [4.78, 5) is 47.0. The molecule has 0 aromatic rings. The van der Waals surface area contributed by atoms with Crippen molar-refractivity contribution in [1.82, 2.24) is 0 Å². The van der Waals surface area contributed by atoms with Crippen LogP contribution >= 0.6 is 0 Å². The summed E-state index contributed by atoms with van der Waals surface area (Å²) in [6.45, 7) is 10.3. The molecule has 0 amide bonds. The summed E-state index contributed by atoms with van der Waals surface area (Å²) in [7, 11) is 0. The standard InChI is InChI=1S/C26H46O8/c1-6-9-14-21(7-2)19-33-24(29)20-34-23(28)15-11-10-12-17-31-22(27)16-13-18-32-25(30)26(4,5)8-3/h21H,6-20H2,1-5H3. The third-order valence-corrected chi connectivity index (χ3v) is 5.86. The van der Waals surface area contributed by atoms with Gasteiger partial charge in [0.25, 0.3) is 0 Å². The number of carbonyl (C=O) groups excluding carboxylic acids is 4. The van der Waals surface area contributed by atoms with Crippen molar-refractivity contribution in [3.63, 3.8) is 0 Å². The zero-order chi connectivity index (χ0) is 25.8. The number of rotatable bonds is 20. The van der Waals surface area contributed by atoms with Crippen molar-refractivity contribution in [2.45, 2.75) is 105 Å². The summed E-state index contributed by atoms with van der Waals surface area (Å²) in [5, 5.41) is 0. The molecule has 8 nitrogen and oxygen atoms in total. The molecule has 0 aliphatic heterocycles. The largest absolute Gasteiger partial charge is 0.466 e. The number of unbranched alkanes of at least 4 members (excludes halogenated alkanes) is 3. The minimum absolute atomic E-state index is 0.194. The molecule has 0 radical (unpaired) electrons. The van der Waals surface area contributed by atoms with Gasteiger partial charge in [0.1, 0.15) is 0 Å². The Labute approximate surface area is 205 Å². The Morgan fingerprint density at radius 2 is 1.35 bits per heavy atom. The van der Waals surface area contributed by atoms with E-state index in [0.717, 1.165) is 25.7 Å². The Balaban J connectivity index is 3.69. The van der Waals surface area contributed by atoms with Crippen LogP contribution in [0.15, 0.2) is 0 Å². The fourth-order valence-corrected chi connectivity index (χ4v) is 2.89. The van der Waals surface area contributed by atoms with Crippen molar-refractivity contribution < 1.29 is 38.1 Å². The minimum Gasteiger partial charge on any atom is -0.466 e. The van der Waals surface area contributed by atoms with Gasteiger partial charge in [-0.2, -0.15) is 0 Å². The molecule has 8 heteroatoms. The Hall–Kier alpha value is -2.12. The molecule has 0 heterocycles. The van der Waals surface area contributed by atoms with E-state index in [0.29, 0.717) is 44.6 Å². The lowest BCUT2D eigenvalue weighted by Gasteiger charge is -2.20. The van der Waals surface area contributed by atoms with Gasteiger partial charge in [0.05, 0.1) is 25.2 Å². The van der Waals surface area contributed by atoms with Crippen LogP contribution in [0.4, 0.5) is 0 Å². The van der Waals surface area contributed by atoms with Crippen LogP contribution in [-0.2, 0) is 38.1 Å². The summed E-state index contributed by atoms with van der Waals surface area (Å²) in [5.41, 5.74) is -0.511. The first kappa shape index (κ1) is 31.9. The lowest BCUT2D eigenvalue weighted by Crippen LogP contribution is -2.26. The maximum atomic E-state index is 11.8. The monoisotopic (exact) mass is 486 g/mol. The maximum Gasteiger partial charge on any atom is 0.344 e. The molecule has 0 aliphatic rings. The van der Waals surface area contributed by atoms with E-state index in [2.05, 4.69) is 13.8 Å². The van der Waals surface area contributed by atoms with Gasteiger partial charge >= 0.3 is 23.9 Å². The van der Waals surface area contributed by atoms with Crippen LogP contribution < -0.4 is 0 Å². The number of carbonyl (C=O) groups is 4. The van der Waals surface area contributed by atoms with Crippen molar-refractivity contribution in [2.75, 3.05) is 26.4 Å². The average molecular weight is 487 g/mol. The van der Waals surface area contributed by atoms with Gasteiger partial charge in [0.15, 0.2) is 6.61 Å². The second-order valence-corrected chi connectivity index (χ2v) is 9.27. The van der Waals surface area contributed by atoms with Gasteiger partial charge in [-0.25, -0.2) is 4.79 Å². The minimum atomic E-state index is -0.515. The summed E-state index contributed by atoms with van der Waals surface area (Å²) >= 11 is 0. The highest BCUT2D eigenvalue weighted by Gasteiger charge is 2.26. The maximum absolute atomic E-state index is 11.8. The number of hydrogen-bond donors (Lipinski definition) is 0. The zero-order valence-electron chi connectivity index (χ0n) is 21.9. The SMILES string of the molecule is CCCCC(CC)COC(=O)COC(=O)CCCCCOC(=O)CCCOC(=O)C(C)(C)CC. The van der Waals surface area contributed by atoms with Crippen molar-refractivity contribution in [3.05, 3.63) is 0 Å². The molecule has 0 N–H and O–H groups in total. The first-order valence-electron chi connectivity index (χ1n) is 12.8. The summed E-state index contributed by atoms with van der Waals surface area (Å²) in [6.07, 6.45) is 7.65. The number of hydrogen-bond acceptors (Lipinski definition) is 8. The van der Waals surface area contributed by atoms with Gasteiger partial charge in [-0.1, -0.05) is 40.0 Å². The highest BCUT2D eigenvalue weighted by atomic mass is 16.6. The molecule has 0 aromatic carbocycles. The highest BCUT2D eigenvalue weighted by Crippen LogP contribution is 2.21. The van der Waals surface area contributed by atoms with E-state index in [-0.39, 0.29) is 44.6 Å². The fraction of sp³-hybridized carbons (Fsp3) is 0.846. The molecule has 0 fully saturated rings. The Kier molecular flexibility index (Phi) is 18.0. The van der Waals surface area contributed by atoms with Crippen LogP contribution in [0.1, 0.15) is 105 Å². The predicted octanol–water partition coefficient (Wildman–Crippen LogP) is 5.15. The summed E-state index contributed by atoms with van der Waals surface area (Å²) < 4.78 is 20.5. The van der Waals surface area contributed by atoms with Crippen LogP contribution in [-0.4, -0.2) is 50.3 Å². The molecule has 0 aromatic heterocycles. The van der Waals surface area contributed by atoms with Crippen LogP contribution in [0.5, 0.6) is 0 Å². The summed E-state index contributed by atoms with van der Waals surface area (Å²) in [5.74, 6) is -1.19. The Morgan fingerprint density at radius 1 is 0.706 bits per heavy atom. The van der Waals surface area contributed by atoms with E-state index >= 15 is 0 Å². The van der Waals surface area contributed by atoms with E-state index in [9.17, 15) is 19.2 Å². The van der Waals surface area contributed by atoms with Crippen LogP contribution in [0.3, 0.4) is 0 Å². The van der Waals surface area contributed by atoms with Crippen LogP contribution in [0, 0.1) is 11.3 Å². The van der Waals surface area contributed by atoms with Crippen molar-refractivity contribution >= 4 is 23.9 Å². The van der Waals surface area contributed by atoms with E-state index in [1.54, 1.807) is 0 Å². The second kappa shape index (κ2) is 19.2. The topological polar surface area (TPSA) is 105 Å². The van der Waals surface area contributed by atoms with Gasteiger partial charge < -0.3 is 18.9 Å². The normalized spacial score (nSPS) is 12.0. The van der Waals surface area contributed by atoms with Crippen LogP contribution in [0.25, 0.3) is 0 Å². The molecular formula is C26H46O8. The first-order valence-corrected chi connectivity index (χ1v) is 12.8. The van der Waals surface area contributed by atoms with Gasteiger partial charge in [-0.15, -0.1) is 0 Å². The molecular weight excluding hydrogens is 440 g/mol. The molecule has 0 bridgehead atoms. The first-order chi connectivity index (χ1) is 16.2. The van der Waals surface area contributed by atoms with Crippen LogP contribution in [0.2, 0.25) is 0 Å². The van der Waals surface area contributed by atoms with Crippen molar-refractivity contribution in [1.29, 1.82) is 0 Å². The molecule has 34 heavy (non-hydrogen) atoms. The average Bonchev–Trinajstić information content (AvgIpc) is 2.82. The van der Waals surface area contributed by atoms with Gasteiger partial charge in [0, 0.05) is 12.8 Å². The predicted molar refractivity (Wildman–Crippen MR) is 129 cm³/mol. The third-order valence-electron chi connectivity index (χ3n) is 5.86. The van der Waals surface area contributed by atoms with E-state index in [4.69, 9.17) is 18.9 Å². The van der Waals surface area contributed by atoms with Gasteiger partial charge in [0.2, 0.25) is 0 Å². The smallest absolute Gasteiger partial charge is 0.344 e. The molecule has 198 valence electrons. The van der Waals surface area contributed by atoms with E-state index in [1.807, 2.05) is 20.8 Å².